The number of ether oxygens (including phenoxy) is 2. The molecular formula is C20H21ClO3. The maximum Gasteiger partial charge on any atom is 0.185 e. The molecule has 0 radical (unpaired) electrons. The van der Waals surface area contributed by atoms with Crippen molar-refractivity contribution in [2.45, 2.75) is 19.8 Å². The Bertz CT molecular complexity index is 758. The predicted octanol–water partition coefficient (Wildman–Crippen LogP) is 4.85. The zero-order chi connectivity index (χ0) is 17.3. The molecule has 1 aromatic rings. The number of hydrogen-bond donors (Lipinski definition) is 0. The highest BCUT2D eigenvalue weighted by molar-refractivity contribution is 6.34. The fourth-order valence-electron chi connectivity index (χ4n) is 3.53. The molecule has 2 aliphatic carbocycles. The number of Topliss-reactive ketones (excluding diaryl/α,β-unsaturated/α-hetero) is 1. The van der Waals surface area contributed by atoms with Crippen LogP contribution in [0, 0.1) is 11.8 Å². The van der Waals surface area contributed by atoms with Crippen LogP contribution in [0.4, 0.5) is 0 Å². The van der Waals surface area contributed by atoms with E-state index < -0.39 is 0 Å². The molecule has 1 saturated carbocycles. The average Bonchev–Trinajstić information content (AvgIpc) is 2.60. The number of rotatable bonds is 3. The highest BCUT2D eigenvalue weighted by Crippen LogP contribution is 2.42. The van der Waals surface area contributed by atoms with Gasteiger partial charge < -0.3 is 9.47 Å². The number of methoxy groups -OCH3 is 2. The van der Waals surface area contributed by atoms with Gasteiger partial charge in [0.15, 0.2) is 17.3 Å². The summed E-state index contributed by atoms with van der Waals surface area (Å²) in [5.74, 6) is 1.97. The topological polar surface area (TPSA) is 35.5 Å². The van der Waals surface area contributed by atoms with Crippen molar-refractivity contribution in [3.8, 4) is 11.5 Å². The van der Waals surface area contributed by atoms with Gasteiger partial charge in [0.25, 0.3) is 0 Å². The van der Waals surface area contributed by atoms with Gasteiger partial charge in [-0.3, -0.25) is 4.79 Å². The zero-order valence-electron chi connectivity index (χ0n) is 14.1. The summed E-state index contributed by atoms with van der Waals surface area (Å²) in [6.45, 7) is 2.20. The Hall–Kier alpha value is -2.00. The van der Waals surface area contributed by atoms with E-state index in [2.05, 4.69) is 13.0 Å². The van der Waals surface area contributed by atoms with E-state index in [0.717, 1.165) is 29.6 Å². The minimum atomic E-state index is 0.133. The molecular weight excluding hydrogens is 324 g/mol. The third-order valence-electron chi connectivity index (χ3n) is 4.83. The van der Waals surface area contributed by atoms with Gasteiger partial charge in [-0.05, 0) is 48.4 Å². The first-order chi connectivity index (χ1) is 11.6. The number of halogens is 1. The van der Waals surface area contributed by atoms with Crippen LogP contribution in [-0.2, 0) is 4.79 Å². The normalized spacial score (nSPS) is 24.6. The number of fused-ring (bicyclic) bond motifs is 1. The molecule has 0 aliphatic heterocycles. The second-order valence-electron chi connectivity index (χ2n) is 6.28. The van der Waals surface area contributed by atoms with Crippen molar-refractivity contribution in [1.82, 2.24) is 0 Å². The Morgan fingerprint density at radius 1 is 1.25 bits per heavy atom. The van der Waals surface area contributed by atoms with Gasteiger partial charge in [-0.25, -0.2) is 0 Å². The lowest BCUT2D eigenvalue weighted by Crippen LogP contribution is -2.28. The quantitative estimate of drug-likeness (QED) is 0.735. The molecule has 2 aliphatic rings. The Kier molecular flexibility index (Phi) is 4.81. The zero-order valence-corrected chi connectivity index (χ0v) is 14.9. The van der Waals surface area contributed by atoms with Crippen molar-refractivity contribution in [2.24, 2.45) is 11.8 Å². The summed E-state index contributed by atoms with van der Waals surface area (Å²) in [7, 11) is 3.13. The van der Waals surface area contributed by atoms with E-state index in [0.29, 0.717) is 28.4 Å². The lowest BCUT2D eigenvalue weighted by atomic mass is 9.70. The highest BCUT2D eigenvalue weighted by atomic mass is 35.5. The molecule has 2 atom stereocenters. The molecule has 4 heteroatoms. The molecule has 0 bridgehead atoms. The summed E-state index contributed by atoms with van der Waals surface area (Å²) < 4.78 is 10.6. The van der Waals surface area contributed by atoms with Gasteiger partial charge in [-0.15, -0.1) is 0 Å². The molecule has 0 N–H and O–H groups in total. The van der Waals surface area contributed by atoms with Gasteiger partial charge in [0.05, 0.1) is 19.2 Å². The fraction of sp³-hybridized carbons (Fsp3) is 0.350. The average molecular weight is 345 g/mol. The minimum Gasteiger partial charge on any atom is -0.493 e. The first kappa shape index (κ1) is 16.8. The van der Waals surface area contributed by atoms with Crippen LogP contribution in [-0.4, -0.2) is 20.0 Å². The van der Waals surface area contributed by atoms with Crippen LogP contribution >= 0.6 is 11.6 Å². The fourth-order valence-corrected chi connectivity index (χ4v) is 3.81. The molecule has 1 fully saturated rings. The smallest absolute Gasteiger partial charge is 0.185 e. The molecule has 3 rings (SSSR count). The number of carbonyl (C=O) groups is 1. The number of ketones is 1. The van der Waals surface area contributed by atoms with Crippen LogP contribution in [0.25, 0.3) is 6.08 Å². The molecule has 0 saturated heterocycles. The Morgan fingerprint density at radius 2 is 2.04 bits per heavy atom. The van der Waals surface area contributed by atoms with Crippen LogP contribution < -0.4 is 9.47 Å². The number of hydrogen-bond acceptors (Lipinski definition) is 3. The largest absolute Gasteiger partial charge is 0.493 e. The van der Waals surface area contributed by atoms with Crippen LogP contribution in [0.3, 0.4) is 0 Å². The lowest BCUT2D eigenvalue weighted by Gasteiger charge is -2.33. The van der Waals surface area contributed by atoms with Crippen LogP contribution in [0.5, 0.6) is 11.5 Å². The van der Waals surface area contributed by atoms with Crippen LogP contribution in [0.15, 0.2) is 41.5 Å². The monoisotopic (exact) mass is 344 g/mol. The summed E-state index contributed by atoms with van der Waals surface area (Å²) in [5, 5.41) is 0.462. The molecule has 0 amide bonds. The van der Waals surface area contributed by atoms with Crippen LogP contribution in [0.1, 0.15) is 25.3 Å². The minimum absolute atomic E-state index is 0.133. The van der Waals surface area contributed by atoms with Crippen molar-refractivity contribution in [2.75, 3.05) is 14.2 Å². The van der Waals surface area contributed by atoms with E-state index in [1.54, 1.807) is 20.3 Å². The molecule has 24 heavy (non-hydrogen) atoms. The maximum absolute atomic E-state index is 12.8. The van der Waals surface area contributed by atoms with E-state index in [1.165, 1.54) is 0 Å². The standard InChI is InChI=1S/C20H21ClO3/c1-12-10-14(19(22)16-7-5-4-6-15(12)16)11-13-8-9-17(23-2)20(24-3)18(13)21/h4-5,7-9,11-12,15H,6,10H2,1-3H3. The third-order valence-corrected chi connectivity index (χ3v) is 5.22. The summed E-state index contributed by atoms with van der Waals surface area (Å²) in [6.07, 6.45) is 9.66. The Morgan fingerprint density at radius 3 is 2.75 bits per heavy atom. The Balaban J connectivity index is 2.01. The summed E-state index contributed by atoms with van der Waals surface area (Å²) in [5.41, 5.74) is 2.49. The molecule has 1 aromatic carbocycles. The third kappa shape index (κ3) is 2.89. The lowest BCUT2D eigenvalue weighted by molar-refractivity contribution is -0.113. The summed E-state index contributed by atoms with van der Waals surface area (Å²) in [4.78, 5) is 12.8. The van der Waals surface area contributed by atoms with Gasteiger partial charge in [-0.2, -0.15) is 0 Å². The number of carbonyl (C=O) groups excluding carboxylic acids is 1. The predicted molar refractivity (Wildman–Crippen MR) is 96.7 cm³/mol. The second-order valence-corrected chi connectivity index (χ2v) is 6.65. The van der Waals surface area contributed by atoms with Crippen molar-refractivity contribution < 1.29 is 14.3 Å². The van der Waals surface area contributed by atoms with Crippen molar-refractivity contribution in [1.29, 1.82) is 0 Å². The van der Waals surface area contributed by atoms with Gasteiger partial charge >= 0.3 is 0 Å². The van der Waals surface area contributed by atoms with E-state index in [4.69, 9.17) is 21.1 Å². The summed E-state index contributed by atoms with van der Waals surface area (Å²) >= 11 is 6.45. The molecule has 3 nitrogen and oxygen atoms in total. The number of allylic oxidation sites excluding steroid dienone is 5. The van der Waals surface area contributed by atoms with E-state index >= 15 is 0 Å². The molecule has 2 unspecified atom stereocenters. The van der Waals surface area contributed by atoms with Crippen LogP contribution in [0.2, 0.25) is 5.02 Å². The number of benzene rings is 1. The highest BCUT2D eigenvalue weighted by Gasteiger charge is 2.34. The molecule has 0 aromatic heterocycles. The van der Waals surface area contributed by atoms with Gasteiger partial charge in [0.2, 0.25) is 0 Å². The molecule has 0 spiro atoms. The van der Waals surface area contributed by atoms with Gasteiger partial charge in [-0.1, -0.05) is 36.8 Å². The maximum atomic E-state index is 12.8. The molecule has 126 valence electrons. The van der Waals surface area contributed by atoms with Gasteiger partial charge in [0, 0.05) is 11.1 Å². The summed E-state index contributed by atoms with van der Waals surface area (Å²) in [6, 6.07) is 3.66. The molecule has 0 heterocycles. The van der Waals surface area contributed by atoms with Crippen molar-refractivity contribution >= 4 is 23.5 Å². The van der Waals surface area contributed by atoms with E-state index in [9.17, 15) is 4.79 Å². The Labute approximate surface area is 147 Å². The van der Waals surface area contributed by atoms with Gasteiger partial charge in [0.1, 0.15) is 0 Å². The van der Waals surface area contributed by atoms with Crippen molar-refractivity contribution in [3.05, 3.63) is 52.1 Å². The SMILES string of the molecule is COc1ccc(C=C2CC(C)C3CC=CC=C3C2=O)c(Cl)c1OC. The van der Waals surface area contributed by atoms with E-state index in [1.807, 2.05) is 24.3 Å². The first-order valence-electron chi connectivity index (χ1n) is 8.09. The van der Waals surface area contributed by atoms with E-state index in [-0.39, 0.29) is 5.78 Å². The van der Waals surface area contributed by atoms with Crippen molar-refractivity contribution in [3.63, 3.8) is 0 Å². The second kappa shape index (κ2) is 6.86. The first-order valence-corrected chi connectivity index (χ1v) is 8.47.